The van der Waals surface area contributed by atoms with Crippen LogP contribution in [0.1, 0.15) is 29.3 Å². The highest BCUT2D eigenvalue weighted by molar-refractivity contribution is 7.80. The first-order valence-electron chi connectivity index (χ1n) is 10.5. The van der Waals surface area contributed by atoms with E-state index in [1.165, 1.54) is 0 Å². The van der Waals surface area contributed by atoms with Gasteiger partial charge in [0.1, 0.15) is 0 Å². The lowest BCUT2D eigenvalue weighted by Gasteiger charge is -2.25. The summed E-state index contributed by atoms with van der Waals surface area (Å²) in [6, 6.07) is 27.1. The van der Waals surface area contributed by atoms with E-state index in [9.17, 15) is 9.59 Å². The average Bonchev–Trinajstić information content (AvgIpc) is 2.83. The van der Waals surface area contributed by atoms with Crippen molar-refractivity contribution in [3.05, 3.63) is 96.1 Å². The molecule has 1 amide bonds. The number of nitrogens with zero attached hydrogens (tertiary/aromatic N) is 1. The zero-order valence-electron chi connectivity index (χ0n) is 18.0. The zero-order valence-corrected chi connectivity index (χ0v) is 18.8. The highest BCUT2D eigenvalue weighted by Crippen LogP contribution is 2.19. The molecule has 0 aliphatic carbocycles. The molecule has 0 spiro atoms. The van der Waals surface area contributed by atoms with Crippen molar-refractivity contribution in [1.29, 1.82) is 0 Å². The molecule has 0 fully saturated rings. The molecule has 3 aromatic rings. The van der Waals surface area contributed by atoms with Crippen LogP contribution in [0.5, 0.6) is 0 Å². The Morgan fingerprint density at radius 3 is 2.09 bits per heavy atom. The van der Waals surface area contributed by atoms with Gasteiger partial charge in [0.15, 0.2) is 5.11 Å². The topological polar surface area (TPSA) is 58.6 Å². The summed E-state index contributed by atoms with van der Waals surface area (Å²) in [5.74, 6) is -0.583. The minimum Gasteiger partial charge on any atom is -0.466 e. The minimum atomic E-state index is -0.295. The quantitative estimate of drug-likeness (QED) is 0.397. The number of thiocarbonyl (C=S) groups is 1. The molecule has 1 N–H and O–H groups in total. The molecule has 0 saturated heterocycles. The molecule has 6 heteroatoms. The fraction of sp³-hybridized carbons (Fsp3) is 0.192. The summed E-state index contributed by atoms with van der Waals surface area (Å²) in [4.78, 5) is 26.4. The fourth-order valence-corrected chi connectivity index (χ4v) is 3.46. The van der Waals surface area contributed by atoms with E-state index >= 15 is 0 Å². The van der Waals surface area contributed by atoms with Crippen molar-refractivity contribution in [1.82, 2.24) is 10.2 Å². The standard InChI is InChI=1S/C26H26N2O3S/c1-2-31-24(29)17-18-28(19-20-9-5-3-6-10-20)26(32)27-25(30)23-15-13-22(14-16-23)21-11-7-4-8-12-21/h3-16H,2,17-19H2,1H3,(H,27,30,32). The summed E-state index contributed by atoms with van der Waals surface area (Å²) >= 11 is 5.51. The number of carbonyl (C=O) groups is 2. The van der Waals surface area contributed by atoms with Gasteiger partial charge in [0.05, 0.1) is 13.0 Å². The smallest absolute Gasteiger partial charge is 0.307 e. The van der Waals surface area contributed by atoms with Crippen LogP contribution in [0.15, 0.2) is 84.9 Å². The highest BCUT2D eigenvalue weighted by Gasteiger charge is 2.16. The van der Waals surface area contributed by atoms with Crippen molar-refractivity contribution in [3.8, 4) is 11.1 Å². The van der Waals surface area contributed by atoms with Crippen LogP contribution in [0.2, 0.25) is 0 Å². The number of carbonyl (C=O) groups excluding carboxylic acids is 2. The van der Waals surface area contributed by atoms with Gasteiger partial charge in [-0.2, -0.15) is 0 Å². The Labute approximate surface area is 194 Å². The number of hydrogen-bond acceptors (Lipinski definition) is 4. The van der Waals surface area contributed by atoms with Crippen LogP contribution in [0.4, 0.5) is 0 Å². The van der Waals surface area contributed by atoms with Gasteiger partial charge in [0, 0.05) is 18.7 Å². The molecule has 0 radical (unpaired) electrons. The number of rotatable bonds is 8. The number of esters is 1. The first kappa shape index (κ1) is 23.2. The second-order valence-corrected chi connectivity index (χ2v) is 7.55. The van der Waals surface area contributed by atoms with Crippen LogP contribution in [0, 0.1) is 0 Å². The second-order valence-electron chi connectivity index (χ2n) is 7.16. The maximum absolute atomic E-state index is 12.8. The van der Waals surface area contributed by atoms with Gasteiger partial charge >= 0.3 is 5.97 Å². The number of benzene rings is 3. The summed E-state index contributed by atoms with van der Waals surface area (Å²) in [5.41, 5.74) is 3.66. The average molecular weight is 447 g/mol. The van der Waals surface area contributed by atoms with Crippen molar-refractivity contribution < 1.29 is 14.3 Å². The third kappa shape index (κ3) is 6.75. The second kappa shape index (κ2) is 11.8. The Kier molecular flexibility index (Phi) is 8.52. The largest absolute Gasteiger partial charge is 0.466 e. The molecular formula is C26H26N2O3S. The third-order valence-corrected chi connectivity index (χ3v) is 5.23. The van der Waals surface area contributed by atoms with Gasteiger partial charge < -0.3 is 9.64 Å². The van der Waals surface area contributed by atoms with Crippen molar-refractivity contribution in [2.24, 2.45) is 0 Å². The Bertz CT molecular complexity index is 1040. The molecule has 164 valence electrons. The van der Waals surface area contributed by atoms with Crippen molar-refractivity contribution in [3.63, 3.8) is 0 Å². The van der Waals surface area contributed by atoms with E-state index in [0.29, 0.717) is 25.3 Å². The van der Waals surface area contributed by atoms with Crippen LogP contribution in [0.25, 0.3) is 11.1 Å². The van der Waals surface area contributed by atoms with Crippen LogP contribution in [0.3, 0.4) is 0 Å². The normalized spacial score (nSPS) is 10.3. The van der Waals surface area contributed by atoms with Gasteiger partial charge in [0.25, 0.3) is 5.91 Å². The van der Waals surface area contributed by atoms with E-state index in [1.54, 1.807) is 24.0 Å². The number of ether oxygens (including phenoxy) is 1. The Morgan fingerprint density at radius 2 is 1.47 bits per heavy atom. The van der Waals surface area contributed by atoms with Crippen LogP contribution >= 0.6 is 12.2 Å². The first-order valence-corrected chi connectivity index (χ1v) is 10.9. The van der Waals surface area contributed by atoms with E-state index in [1.807, 2.05) is 72.8 Å². The first-order chi connectivity index (χ1) is 15.6. The van der Waals surface area contributed by atoms with Crippen molar-refractivity contribution in [2.75, 3.05) is 13.2 Å². The monoisotopic (exact) mass is 446 g/mol. The van der Waals surface area contributed by atoms with Crippen molar-refractivity contribution in [2.45, 2.75) is 19.9 Å². The van der Waals surface area contributed by atoms with Crippen LogP contribution in [-0.2, 0) is 16.1 Å². The van der Waals surface area contributed by atoms with Gasteiger partial charge in [-0.1, -0.05) is 72.8 Å². The van der Waals surface area contributed by atoms with Crippen molar-refractivity contribution >= 4 is 29.2 Å². The third-order valence-electron chi connectivity index (χ3n) is 4.87. The molecule has 0 aliphatic rings. The van der Waals surface area contributed by atoms with E-state index in [4.69, 9.17) is 17.0 Å². The summed E-state index contributed by atoms with van der Waals surface area (Å²) in [5, 5.41) is 3.07. The van der Waals surface area contributed by atoms with Gasteiger partial charge in [-0.3, -0.25) is 14.9 Å². The maximum Gasteiger partial charge on any atom is 0.307 e. The van der Waals surface area contributed by atoms with Gasteiger partial charge in [-0.15, -0.1) is 0 Å². The molecular weight excluding hydrogens is 420 g/mol. The summed E-state index contributed by atoms with van der Waals surface area (Å²) in [6.45, 7) is 2.93. The van der Waals surface area contributed by atoms with E-state index < -0.39 is 0 Å². The lowest BCUT2D eigenvalue weighted by Crippen LogP contribution is -2.43. The van der Waals surface area contributed by atoms with E-state index in [-0.39, 0.29) is 23.4 Å². The molecule has 0 atom stereocenters. The van der Waals surface area contributed by atoms with Crippen LogP contribution in [-0.4, -0.2) is 35.0 Å². The number of hydrogen-bond donors (Lipinski definition) is 1. The fourth-order valence-electron chi connectivity index (χ4n) is 3.21. The van der Waals surface area contributed by atoms with Gasteiger partial charge in [-0.05, 0) is 48.0 Å². The lowest BCUT2D eigenvalue weighted by atomic mass is 10.0. The molecule has 0 heterocycles. The zero-order chi connectivity index (χ0) is 22.8. The number of amides is 1. The number of nitrogens with one attached hydrogen (secondary N) is 1. The minimum absolute atomic E-state index is 0.183. The predicted octanol–water partition coefficient (Wildman–Crippen LogP) is 4.82. The Morgan fingerprint density at radius 1 is 0.875 bits per heavy atom. The summed E-state index contributed by atoms with van der Waals surface area (Å²) < 4.78 is 5.02. The Hall–Kier alpha value is -3.51. The highest BCUT2D eigenvalue weighted by atomic mass is 32.1. The van der Waals surface area contributed by atoms with Gasteiger partial charge in [0.2, 0.25) is 0 Å². The molecule has 0 saturated carbocycles. The predicted molar refractivity (Wildman–Crippen MR) is 130 cm³/mol. The maximum atomic E-state index is 12.8. The molecule has 5 nitrogen and oxygen atoms in total. The molecule has 32 heavy (non-hydrogen) atoms. The molecule has 0 aromatic heterocycles. The Balaban J connectivity index is 1.67. The molecule has 0 aliphatic heterocycles. The SMILES string of the molecule is CCOC(=O)CCN(Cc1ccccc1)C(=S)NC(=O)c1ccc(-c2ccccc2)cc1. The summed E-state index contributed by atoms with van der Waals surface area (Å²) in [6.07, 6.45) is 0.183. The lowest BCUT2D eigenvalue weighted by molar-refractivity contribution is -0.143. The molecule has 0 bridgehead atoms. The summed E-state index contributed by atoms with van der Waals surface area (Å²) in [7, 11) is 0. The van der Waals surface area contributed by atoms with E-state index in [2.05, 4.69) is 5.32 Å². The van der Waals surface area contributed by atoms with Crippen LogP contribution < -0.4 is 5.32 Å². The van der Waals surface area contributed by atoms with Gasteiger partial charge in [-0.25, -0.2) is 0 Å². The molecule has 0 unspecified atom stereocenters. The molecule has 3 aromatic carbocycles. The molecule has 3 rings (SSSR count). The van der Waals surface area contributed by atoms with E-state index in [0.717, 1.165) is 16.7 Å².